The lowest BCUT2D eigenvalue weighted by Crippen LogP contribution is -2.35. The quantitative estimate of drug-likeness (QED) is 0.856. The maximum Gasteiger partial charge on any atom is 0.0470 e. The van der Waals surface area contributed by atoms with Crippen LogP contribution in [0.2, 0.25) is 5.02 Å². The molecule has 0 fully saturated rings. The number of hydrogen-bond donors (Lipinski definition) is 1. The molecular weight excluding hydrogens is 208 g/mol. The summed E-state index contributed by atoms with van der Waals surface area (Å²) in [7, 11) is 2.09. The number of rotatable bonds is 4. The Morgan fingerprint density at radius 1 is 1.27 bits per heavy atom. The second kappa shape index (κ2) is 5.50. The van der Waals surface area contributed by atoms with E-state index in [2.05, 4.69) is 25.8 Å². The first kappa shape index (κ1) is 12.5. The molecule has 3 heteroatoms. The molecule has 0 aliphatic rings. The van der Waals surface area contributed by atoms with Gasteiger partial charge in [0.2, 0.25) is 0 Å². The fourth-order valence-corrected chi connectivity index (χ4v) is 1.71. The molecule has 0 spiro atoms. The van der Waals surface area contributed by atoms with E-state index in [0.29, 0.717) is 12.6 Å². The zero-order chi connectivity index (χ0) is 11.4. The molecule has 1 atom stereocenters. The van der Waals surface area contributed by atoms with Gasteiger partial charge in [-0.1, -0.05) is 23.7 Å². The molecule has 0 bridgehead atoms. The van der Waals surface area contributed by atoms with Crippen molar-refractivity contribution >= 4 is 11.6 Å². The van der Waals surface area contributed by atoms with Crippen molar-refractivity contribution in [3.8, 4) is 0 Å². The van der Waals surface area contributed by atoms with Gasteiger partial charge in [0, 0.05) is 23.7 Å². The van der Waals surface area contributed by atoms with Crippen LogP contribution in [0.3, 0.4) is 0 Å². The fraction of sp³-hybridized carbons (Fsp3) is 0.500. The number of benzene rings is 1. The molecule has 0 radical (unpaired) electrons. The first-order chi connectivity index (χ1) is 7.06. The van der Waals surface area contributed by atoms with Crippen molar-refractivity contribution in [3.05, 3.63) is 34.9 Å². The van der Waals surface area contributed by atoms with E-state index in [-0.39, 0.29) is 6.04 Å². The van der Waals surface area contributed by atoms with Crippen molar-refractivity contribution in [3.63, 3.8) is 0 Å². The van der Waals surface area contributed by atoms with Crippen LogP contribution in [-0.2, 0) is 0 Å². The van der Waals surface area contributed by atoms with Crippen LogP contribution in [0.5, 0.6) is 0 Å². The van der Waals surface area contributed by atoms with Crippen LogP contribution >= 0.6 is 11.6 Å². The molecule has 0 aliphatic heterocycles. The Balaban J connectivity index is 2.87. The van der Waals surface area contributed by atoms with Crippen LogP contribution in [-0.4, -0.2) is 24.5 Å². The topological polar surface area (TPSA) is 29.3 Å². The molecule has 1 aromatic rings. The molecule has 0 heterocycles. The van der Waals surface area contributed by atoms with Gasteiger partial charge in [-0.25, -0.2) is 0 Å². The maximum absolute atomic E-state index is 5.86. The van der Waals surface area contributed by atoms with Crippen LogP contribution in [0.15, 0.2) is 24.3 Å². The molecule has 2 N–H and O–H groups in total. The van der Waals surface area contributed by atoms with Gasteiger partial charge in [0.05, 0.1) is 0 Å². The van der Waals surface area contributed by atoms with E-state index >= 15 is 0 Å². The van der Waals surface area contributed by atoms with Gasteiger partial charge in [0.1, 0.15) is 0 Å². The summed E-state index contributed by atoms with van der Waals surface area (Å²) in [5.74, 6) is 0. The Morgan fingerprint density at radius 2 is 1.80 bits per heavy atom. The van der Waals surface area contributed by atoms with Crippen molar-refractivity contribution in [2.24, 2.45) is 5.73 Å². The molecule has 0 aromatic heterocycles. The zero-order valence-corrected chi connectivity index (χ0v) is 10.3. The van der Waals surface area contributed by atoms with Crippen molar-refractivity contribution < 1.29 is 0 Å². The summed E-state index contributed by atoms with van der Waals surface area (Å²) in [6.45, 7) is 4.95. The molecule has 15 heavy (non-hydrogen) atoms. The van der Waals surface area contributed by atoms with Crippen molar-refractivity contribution in [2.45, 2.75) is 25.9 Å². The lowest BCUT2D eigenvalue weighted by Gasteiger charge is -2.30. The number of hydrogen-bond acceptors (Lipinski definition) is 2. The smallest absolute Gasteiger partial charge is 0.0470 e. The normalized spacial score (nSPS) is 13.5. The van der Waals surface area contributed by atoms with E-state index in [9.17, 15) is 0 Å². The summed E-state index contributed by atoms with van der Waals surface area (Å²) in [5.41, 5.74) is 7.03. The third-order valence-corrected chi connectivity index (χ3v) is 3.04. The second-order valence-corrected chi connectivity index (χ2v) is 4.50. The highest BCUT2D eigenvalue weighted by Gasteiger charge is 2.17. The van der Waals surface area contributed by atoms with E-state index in [1.54, 1.807) is 0 Å². The molecule has 1 rings (SSSR count). The number of nitrogens with two attached hydrogens (primary N) is 1. The first-order valence-corrected chi connectivity index (χ1v) is 5.61. The van der Waals surface area contributed by atoms with Crippen molar-refractivity contribution in [1.82, 2.24) is 4.90 Å². The molecule has 0 saturated heterocycles. The highest BCUT2D eigenvalue weighted by atomic mass is 35.5. The zero-order valence-electron chi connectivity index (χ0n) is 9.57. The minimum Gasteiger partial charge on any atom is -0.329 e. The van der Waals surface area contributed by atoms with Gasteiger partial charge in [-0.05, 0) is 38.6 Å². The maximum atomic E-state index is 5.86. The molecule has 0 aliphatic carbocycles. The van der Waals surface area contributed by atoms with Crippen molar-refractivity contribution in [1.29, 1.82) is 0 Å². The average Bonchev–Trinajstić information content (AvgIpc) is 2.21. The van der Waals surface area contributed by atoms with E-state index in [4.69, 9.17) is 17.3 Å². The Labute approximate surface area is 97.0 Å². The molecule has 2 nitrogen and oxygen atoms in total. The lowest BCUT2D eigenvalue weighted by atomic mass is 10.0. The summed E-state index contributed by atoms with van der Waals surface area (Å²) >= 11 is 5.86. The van der Waals surface area contributed by atoms with E-state index in [0.717, 1.165) is 5.02 Å². The highest BCUT2D eigenvalue weighted by molar-refractivity contribution is 6.30. The van der Waals surface area contributed by atoms with Crippen molar-refractivity contribution in [2.75, 3.05) is 13.6 Å². The minimum absolute atomic E-state index is 0.266. The van der Waals surface area contributed by atoms with Crippen LogP contribution in [0.25, 0.3) is 0 Å². The summed E-state index contributed by atoms with van der Waals surface area (Å²) in [5, 5.41) is 0.765. The Bertz CT molecular complexity index is 295. The van der Waals surface area contributed by atoms with Gasteiger partial charge in [0.25, 0.3) is 0 Å². The van der Waals surface area contributed by atoms with E-state index in [1.807, 2.05) is 24.3 Å². The monoisotopic (exact) mass is 226 g/mol. The summed E-state index contributed by atoms with van der Waals surface area (Å²) < 4.78 is 0. The standard InChI is InChI=1S/C12H19ClN2/c1-9(2)15(3)12(8-14)10-4-6-11(13)7-5-10/h4-7,9,12H,8,14H2,1-3H3. The van der Waals surface area contributed by atoms with Crippen LogP contribution in [0, 0.1) is 0 Å². The largest absolute Gasteiger partial charge is 0.329 e. The summed E-state index contributed by atoms with van der Waals surface area (Å²) in [6.07, 6.45) is 0. The van der Waals surface area contributed by atoms with Gasteiger partial charge in [-0.3, -0.25) is 4.90 Å². The molecule has 0 amide bonds. The van der Waals surface area contributed by atoms with Gasteiger partial charge >= 0.3 is 0 Å². The van der Waals surface area contributed by atoms with Gasteiger partial charge < -0.3 is 5.73 Å². The van der Waals surface area contributed by atoms with E-state index < -0.39 is 0 Å². The predicted octanol–water partition coefficient (Wildman–Crippen LogP) is 2.68. The van der Waals surface area contributed by atoms with Crippen LogP contribution in [0.1, 0.15) is 25.5 Å². The number of likely N-dealkylation sites (N-methyl/N-ethyl adjacent to an activating group) is 1. The molecule has 0 saturated carbocycles. The highest BCUT2D eigenvalue weighted by Crippen LogP contribution is 2.21. The molecule has 84 valence electrons. The third-order valence-electron chi connectivity index (χ3n) is 2.78. The average molecular weight is 227 g/mol. The van der Waals surface area contributed by atoms with Crippen LogP contribution < -0.4 is 5.73 Å². The molecule has 1 unspecified atom stereocenters. The second-order valence-electron chi connectivity index (χ2n) is 4.06. The predicted molar refractivity (Wildman–Crippen MR) is 66.1 cm³/mol. The third kappa shape index (κ3) is 3.20. The summed E-state index contributed by atoms with van der Waals surface area (Å²) in [4.78, 5) is 2.27. The molecular formula is C12H19ClN2. The number of halogens is 1. The van der Waals surface area contributed by atoms with Gasteiger partial charge in [-0.15, -0.1) is 0 Å². The van der Waals surface area contributed by atoms with Gasteiger partial charge in [0.15, 0.2) is 0 Å². The Kier molecular flexibility index (Phi) is 4.58. The first-order valence-electron chi connectivity index (χ1n) is 5.23. The van der Waals surface area contributed by atoms with Gasteiger partial charge in [-0.2, -0.15) is 0 Å². The van der Waals surface area contributed by atoms with Crippen LogP contribution in [0.4, 0.5) is 0 Å². The Hall–Kier alpha value is -0.570. The van der Waals surface area contributed by atoms with E-state index in [1.165, 1.54) is 5.56 Å². The fourth-order valence-electron chi connectivity index (χ4n) is 1.58. The SMILES string of the molecule is CC(C)N(C)C(CN)c1ccc(Cl)cc1. The number of nitrogens with zero attached hydrogens (tertiary/aromatic N) is 1. The summed E-state index contributed by atoms with van der Waals surface area (Å²) in [6, 6.07) is 8.65. The molecule has 1 aromatic carbocycles. The lowest BCUT2D eigenvalue weighted by molar-refractivity contribution is 0.201. The Morgan fingerprint density at radius 3 is 2.20 bits per heavy atom. The minimum atomic E-state index is 0.266.